The van der Waals surface area contributed by atoms with Crippen LogP contribution in [0, 0.1) is 5.82 Å². The molecular formula is C25H30ClFN4O4S. The molecule has 0 aromatic heterocycles. The summed E-state index contributed by atoms with van der Waals surface area (Å²) >= 11 is 6.19. The molecule has 0 radical (unpaired) electrons. The Labute approximate surface area is 216 Å². The van der Waals surface area contributed by atoms with Crippen molar-refractivity contribution in [2.24, 2.45) is 0 Å². The summed E-state index contributed by atoms with van der Waals surface area (Å²) in [4.78, 5) is 19.8. The normalized spacial score (nSPS) is 21.1. The van der Waals surface area contributed by atoms with Crippen LogP contribution in [0.25, 0.3) is 6.08 Å². The third-order valence-electron chi connectivity index (χ3n) is 6.37. The molecule has 1 amide bonds. The monoisotopic (exact) mass is 536 g/mol. The quantitative estimate of drug-likeness (QED) is 0.548. The Morgan fingerprint density at radius 3 is 2.39 bits per heavy atom. The van der Waals surface area contributed by atoms with E-state index in [0.29, 0.717) is 30.9 Å². The molecule has 11 heteroatoms. The summed E-state index contributed by atoms with van der Waals surface area (Å²) in [5.74, 6) is -0.0258. The fourth-order valence-corrected chi connectivity index (χ4v) is 5.78. The maximum atomic E-state index is 13.4. The fraction of sp³-hybridized carbons (Fsp3) is 0.400. The number of sulfonamides is 1. The van der Waals surface area contributed by atoms with Crippen LogP contribution in [0.4, 0.5) is 10.1 Å². The molecule has 1 N–H and O–H groups in total. The zero-order valence-corrected chi connectivity index (χ0v) is 22.0. The summed E-state index contributed by atoms with van der Waals surface area (Å²) in [5.41, 5.74) is 1.76. The summed E-state index contributed by atoms with van der Waals surface area (Å²) in [6.45, 7) is 3.58. The second-order valence-electron chi connectivity index (χ2n) is 9.38. The number of methoxy groups -OCH3 is 1. The second-order valence-corrected chi connectivity index (χ2v) is 11.5. The summed E-state index contributed by atoms with van der Waals surface area (Å²) in [6, 6.07) is 9.56. The maximum Gasteiger partial charge on any atom is 0.247 e. The number of ether oxygens (including phenoxy) is 1. The molecule has 2 aliphatic heterocycles. The molecule has 2 saturated heterocycles. The lowest BCUT2D eigenvalue weighted by molar-refractivity contribution is -0.140. The molecule has 2 aromatic carbocycles. The SMILES string of the molecule is COc1cc(/C=C/C(=O)N2C3CN(C)CC2CN(Cc2ccc(F)cc2)C3)c(NS(C)(=O)=O)cc1Cl. The lowest BCUT2D eigenvalue weighted by atomic mass is 9.99. The molecule has 0 aliphatic carbocycles. The Balaban J connectivity index is 1.53. The topological polar surface area (TPSA) is 82.2 Å². The number of nitrogens with one attached hydrogen (secondary N) is 1. The molecule has 8 nitrogen and oxygen atoms in total. The Bertz CT molecular complexity index is 1240. The highest BCUT2D eigenvalue weighted by molar-refractivity contribution is 7.92. The number of piperazine rings is 2. The zero-order valence-electron chi connectivity index (χ0n) is 20.4. The van der Waals surface area contributed by atoms with E-state index >= 15 is 0 Å². The largest absolute Gasteiger partial charge is 0.495 e. The van der Waals surface area contributed by atoms with Gasteiger partial charge in [0, 0.05) is 44.4 Å². The predicted molar refractivity (Wildman–Crippen MR) is 139 cm³/mol. The molecule has 2 atom stereocenters. The molecule has 4 rings (SSSR count). The fourth-order valence-electron chi connectivity index (χ4n) is 4.97. The van der Waals surface area contributed by atoms with E-state index in [2.05, 4.69) is 21.6 Å². The first-order chi connectivity index (χ1) is 17.0. The minimum Gasteiger partial charge on any atom is -0.495 e. The molecule has 0 spiro atoms. The van der Waals surface area contributed by atoms with E-state index < -0.39 is 10.0 Å². The molecule has 2 unspecified atom stereocenters. The molecule has 2 bridgehead atoms. The van der Waals surface area contributed by atoms with Crippen LogP contribution >= 0.6 is 11.6 Å². The van der Waals surface area contributed by atoms with Crippen molar-refractivity contribution < 1.29 is 22.3 Å². The van der Waals surface area contributed by atoms with Gasteiger partial charge in [-0.15, -0.1) is 0 Å². The van der Waals surface area contributed by atoms with Crippen molar-refractivity contribution in [2.45, 2.75) is 18.6 Å². The van der Waals surface area contributed by atoms with Crippen molar-refractivity contribution >= 4 is 39.3 Å². The lowest BCUT2D eigenvalue weighted by Crippen LogP contribution is -2.68. The second kappa shape index (κ2) is 10.8. The van der Waals surface area contributed by atoms with Crippen molar-refractivity contribution in [2.75, 3.05) is 51.3 Å². The van der Waals surface area contributed by atoms with Gasteiger partial charge in [-0.25, -0.2) is 12.8 Å². The summed E-state index contributed by atoms with van der Waals surface area (Å²) in [6.07, 6.45) is 4.10. The number of halogens is 2. The number of likely N-dealkylation sites (N-methyl/N-ethyl adjacent to an activating group) is 1. The van der Waals surface area contributed by atoms with Gasteiger partial charge in [-0.1, -0.05) is 23.7 Å². The number of benzene rings is 2. The number of hydrogen-bond donors (Lipinski definition) is 1. The van der Waals surface area contributed by atoms with Crippen molar-refractivity contribution in [1.29, 1.82) is 0 Å². The van der Waals surface area contributed by atoms with Gasteiger partial charge in [0.05, 0.1) is 36.2 Å². The van der Waals surface area contributed by atoms with E-state index in [-0.39, 0.29) is 34.5 Å². The molecular weight excluding hydrogens is 507 g/mol. The summed E-state index contributed by atoms with van der Waals surface area (Å²) in [5, 5.41) is 0.252. The van der Waals surface area contributed by atoms with Crippen LogP contribution in [0.1, 0.15) is 11.1 Å². The maximum absolute atomic E-state index is 13.4. The van der Waals surface area contributed by atoms with Gasteiger partial charge in [-0.2, -0.15) is 0 Å². The van der Waals surface area contributed by atoms with Crippen LogP contribution in [0.15, 0.2) is 42.5 Å². The van der Waals surface area contributed by atoms with Crippen LogP contribution in [0.3, 0.4) is 0 Å². The van der Waals surface area contributed by atoms with Gasteiger partial charge in [0.1, 0.15) is 11.6 Å². The first kappa shape index (κ1) is 26.4. The van der Waals surface area contributed by atoms with Crippen LogP contribution in [-0.2, 0) is 21.4 Å². The Morgan fingerprint density at radius 1 is 1.17 bits per heavy atom. The molecule has 2 aromatic rings. The number of rotatable bonds is 7. The van der Waals surface area contributed by atoms with Gasteiger partial charge in [0.25, 0.3) is 0 Å². The third kappa shape index (κ3) is 6.36. The summed E-state index contributed by atoms with van der Waals surface area (Å²) in [7, 11) is -0.0416. The number of hydrogen-bond acceptors (Lipinski definition) is 6. The van der Waals surface area contributed by atoms with Crippen LogP contribution in [0.2, 0.25) is 5.02 Å². The van der Waals surface area contributed by atoms with Crippen molar-refractivity contribution in [3.8, 4) is 5.75 Å². The van der Waals surface area contributed by atoms with E-state index in [1.54, 1.807) is 24.3 Å². The van der Waals surface area contributed by atoms with Crippen LogP contribution in [-0.4, -0.2) is 87.7 Å². The van der Waals surface area contributed by atoms with Crippen molar-refractivity contribution in [1.82, 2.24) is 14.7 Å². The Kier molecular flexibility index (Phi) is 7.89. The van der Waals surface area contributed by atoms with Gasteiger partial charge in [-0.3, -0.25) is 14.4 Å². The van der Waals surface area contributed by atoms with E-state index in [0.717, 1.165) is 24.9 Å². The highest BCUT2D eigenvalue weighted by Gasteiger charge is 2.41. The Hall–Kier alpha value is -2.66. The minimum atomic E-state index is -3.56. The molecule has 2 heterocycles. The van der Waals surface area contributed by atoms with Gasteiger partial charge in [0.2, 0.25) is 15.9 Å². The van der Waals surface area contributed by atoms with E-state index in [9.17, 15) is 17.6 Å². The standard InChI is InChI=1S/C25H30ClFN4O4S/c1-29-13-20-15-30(12-17-4-7-19(27)8-5-17)16-21(14-29)31(20)25(32)9-6-18-10-24(35-2)22(26)11-23(18)28-36(3,33)34/h4-11,20-21,28H,12-16H2,1-3H3/b9-6+. The summed E-state index contributed by atoms with van der Waals surface area (Å²) < 4.78 is 44.7. The molecule has 194 valence electrons. The smallest absolute Gasteiger partial charge is 0.247 e. The van der Waals surface area contributed by atoms with Crippen molar-refractivity contribution in [3.05, 3.63) is 64.4 Å². The van der Waals surface area contributed by atoms with Gasteiger partial charge in [-0.05, 0) is 43.0 Å². The zero-order chi connectivity index (χ0) is 26.0. The number of amides is 1. The van der Waals surface area contributed by atoms with E-state index in [1.807, 2.05) is 4.90 Å². The van der Waals surface area contributed by atoms with Gasteiger partial charge < -0.3 is 14.5 Å². The number of anilines is 1. The minimum absolute atomic E-state index is 0.00605. The van der Waals surface area contributed by atoms with Gasteiger partial charge in [0.15, 0.2) is 0 Å². The average Bonchev–Trinajstić information content (AvgIpc) is 2.78. The van der Waals surface area contributed by atoms with Crippen LogP contribution in [0.5, 0.6) is 5.75 Å². The van der Waals surface area contributed by atoms with E-state index in [4.69, 9.17) is 16.3 Å². The molecule has 36 heavy (non-hydrogen) atoms. The average molecular weight is 537 g/mol. The first-order valence-electron chi connectivity index (χ1n) is 11.5. The molecule has 2 aliphatic rings. The lowest BCUT2D eigenvalue weighted by Gasteiger charge is -2.52. The number of fused-ring (bicyclic) bond motifs is 2. The van der Waals surface area contributed by atoms with Crippen molar-refractivity contribution in [3.63, 3.8) is 0 Å². The number of nitrogens with zero attached hydrogens (tertiary/aromatic N) is 3. The predicted octanol–water partition coefficient (Wildman–Crippen LogP) is 2.90. The molecule has 2 fully saturated rings. The molecule has 0 saturated carbocycles. The number of carbonyl (C=O) groups is 1. The third-order valence-corrected chi connectivity index (χ3v) is 7.25. The van der Waals surface area contributed by atoms with E-state index in [1.165, 1.54) is 31.4 Å². The van der Waals surface area contributed by atoms with Gasteiger partial charge >= 0.3 is 0 Å². The van der Waals surface area contributed by atoms with Crippen LogP contribution < -0.4 is 9.46 Å². The highest BCUT2D eigenvalue weighted by Crippen LogP contribution is 2.33. The first-order valence-corrected chi connectivity index (χ1v) is 13.8. The number of carbonyl (C=O) groups excluding carboxylic acids is 1. The highest BCUT2D eigenvalue weighted by atomic mass is 35.5. The Morgan fingerprint density at radius 2 is 1.81 bits per heavy atom.